The van der Waals surface area contributed by atoms with Crippen LogP contribution >= 0.6 is 0 Å². The van der Waals surface area contributed by atoms with Gasteiger partial charge in [-0.2, -0.15) is 0 Å². The lowest BCUT2D eigenvalue weighted by molar-refractivity contribution is -0.0978. The Morgan fingerprint density at radius 3 is 2.50 bits per heavy atom. The number of ether oxygens (including phenoxy) is 2. The molecule has 2 unspecified atom stereocenters. The molecule has 2 atom stereocenters. The highest BCUT2D eigenvalue weighted by Crippen LogP contribution is 2.21. The van der Waals surface area contributed by atoms with E-state index in [1.807, 2.05) is 0 Å². The summed E-state index contributed by atoms with van der Waals surface area (Å²) in [5.74, 6) is 0. The first-order chi connectivity index (χ1) is 6.61. The number of rotatable bonds is 4. The predicted molar refractivity (Wildman–Crippen MR) is 57.2 cm³/mol. The Bertz CT molecular complexity index is 184. The molecule has 0 radical (unpaired) electrons. The van der Waals surface area contributed by atoms with Gasteiger partial charge in [0.05, 0.1) is 24.9 Å². The van der Waals surface area contributed by atoms with Gasteiger partial charge >= 0.3 is 0 Å². The molecule has 0 bridgehead atoms. The average Bonchev–Trinajstić information content (AvgIpc) is 2.12. The van der Waals surface area contributed by atoms with Crippen molar-refractivity contribution < 1.29 is 9.47 Å². The number of hydrogen-bond donors (Lipinski definition) is 1. The van der Waals surface area contributed by atoms with Crippen molar-refractivity contribution in [1.29, 1.82) is 0 Å². The largest absolute Gasteiger partial charge is 0.375 e. The summed E-state index contributed by atoms with van der Waals surface area (Å²) >= 11 is 0. The lowest BCUT2D eigenvalue weighted by Crippen LogP contribution is -2.34. The van der Waals surface area contributed by atoms with E-state index in [1.165, 1.54) is 0 Å². The second-order valence-corrected chi connectivity index (χ2v) is 4.12. The van der Waals surface area contributed by atoms with Gasteiger partial charge in [-0.25, -0.2) is 0 Å². The van der Waals surface area contributed by atoms with Crippen LogP contribution in [0.1, 0.15) is 26.7 Å². The Morgan fingerprint density at radius 1 is 1.43 bits per heavy atom. The van der Waals surface area contributed by atoms with Crippen LogP contribution in [0.3, 0.4) is 0 Å². The molecule has 0 saturated carbocycles. The first-order valence-corrected chi connectivity index (χ1v) is 5.25. The van der Waals surface area contributed by atoms with Gasteiger partial charge in [-0.15, -0.1) is 0 Å². The maximum absolute atomic E-state index is 5.72. The minimum Gasteiger partial charge on any atom is -0.375 e. The average molecular weight is 199 g/mol. The molecular weight excluding hydrogens is 178 g/mol. The Balaban J connectivity index is 2.26. The van der Waals surface area contributed by atoms with Crippen LogP contribution in [-0.2, 0) is 9.47 Å². The molecule has 1 fully saturated rings. The molecule has 0 spiro atoms. The van der Waals surface area contributed by atoms with E-state index in [4.69, 9.17) is 15.2 Å². The standard InChI is InChI=1S/C11H21NO2/c1-8(6-12)7-13-11-4-9(2)14-10(3)5-11/h9-11H,1,4-7,12H2,2-3H3. The molecule has 0 aromatic heterocycles. The predicted octanol–water partition coefficient (Wildman–Crippen LogP) is 1.47. The summed E-state index contributed by atoms with van der Waals surface area (Å²) in [5, 5.41) is 0. The van der Waals surface area contributed by atoms with Crippen LogP contribution in [0.4, 0.5) is 0 Å². The van der Waals surface area contributed by atoms with Crippen LogP contribution in [0.25, 0.3) is 0 Å². The summed E-state index contributed by atoms with van der Waals surface area (Å²) in [7, 11) is 0. The second-order valence-electron chi connectivity index (χ2n) is 4.12. The normalized spacial score (nSPS) is 32.9. The van der Waals surface area contributed by atoms with Gasteiger partial charge in [0, 0.05) is 6.54 Å². The molecule has 1 heterocycles. The first kappa shape index (κ1) is 11.7. The van der Waals surface area contributed by atoms with Gasteiger partial charge in [0.25, 0.3) is 0 Å². The van der Waals surface area contributed by atoms with E-state index in [2.05, 4.69) is 20.4 Å². The summed E-state index contributed by atoms with van der Waals surface area (Å²) in [6.07, 6.45) is 2.85. The molecule has 82 valence electrons. The van der Waals surface area contributed by atoms with Gasteiger partial charge in [0.1, 0.15) is 0 Å². The zero-order chi connectivity index (χ0) is 10.6. The van der Waals surface area contributed by atoms with E-state index in [0.717, 1.165) is 18.4 Å². The van der Waals surface area contributed by atoms with Gasteiger partial charge in [-0.05, 0) is 32.3 Å². The number of hydrogen-bond acceptors (Lipinski definition) is 3. The van der Waals surface area contributed by atoms with E-state index >= 15 is 0 Å². The van der Waals surface area contributed by atoms with Crippen LogP contribution < -0.4 is 5.73 Å². The van der Waals surface area contributed by atoms with Crippen molar-refractivity contribution in [2.75, 3.05) is 13.2 Å². The minimum atomic E-state index is 0.301. The summed E-state index contributed by atoms with van der Waals surface area (Å²) in [4.78, 5) is 0. The molecule has 1 rings (SSSR count). The van der Waals surface area contributed by atoms with Crippen molar-refractivity contribution in [3.63, 3.8) is 0 Å². The van der Waals surface area contributed by atoms with Gasteiger partial charge in [-0.3, -0.25) is 0 Å². The van der Waals surface area contributed by atoms with Crippen LogP contribution in [0, 0.1) is 0 Å². The molecule has 0 aromatic carbocycles. The smallest absolute Gasteiger partial charge is 0.0690 e. The fourth-order valence-electron chi connectivity index (χ4n) is 1.78. The van der Waals surface area contributed by atoms with Crippen molar-refractivity contribution in [2.45, 2.75) is 45.0 Å². The Morgan fingerprint density at radius 2 is 2.00 bits per heavy atom. The summed E-state index contributed by atoms with van der Waals surface area (Å²) in [6, 6.07) is 0. The maximum Gasteiger partial charge on any atom is 0.0690 e. The zero-order valence-corrected chi connectivity index (χ0v) is 9.16. The van der Waals surface area contributed by atoms with Crippen LogP contribution in [-0.4, -0.2) is 31.5 Å². The molecule has 0 aromatic rings. The second kappa shape index (κ2) is 5.49. The minimum absolute atomic E-state index is 0.301. The van der Waals surface area contributed by atoms with Gasteiger partial charge in [0.2, 0.25) is 0 Å². The summed E-state index contributed by atoms with van der Waals surface area (Å²) in [5.41, 5.74) is 6.39. The maximum atomic E-state index is 5.72. The quantitative estimate of drug-likeness (QED) is 0.697. The molecule has 3 heteroatoms. The van der Waals surface area contributed by atoms with Gasteiger partial charge < -0.3 is 15.2 Å². The third kappa shape index (κ3) is 3.78. The topological polar surface area (TPSA) is 44.5 Å². The Kier molecular flexibility index (Phi) is 4.58. The molecule has 2 N–H and O–H groups in total. The first-order valence-electron chi connectivity index (χ1n) is 5.25. The van der Waals surface area contributed by atoms with E-state index in [1.54, 1.807) is 0 Å². The van der Waals surface area contributed by atoms with Crippen LogP contribution in [0.15, 0.2) is 12.2 Å². The molecule has 14 heavy (non-hydrogen) atoms. The van der Waals surface area contributed by atoms with E-state index in [9.17, 15) is 0 Å². The molecule has 1 saturated heterocycles. The van der Waals surface area contributed by atoms with Gasteiger partial charge in [-0.1, -0.05) is 6.58 Å². The van der Waals surface area contributed by atoms with Crippen molar-refractivity contribution in [2.24, 2.45) is 5.73 Å². The Labute approximate surface area is 86.3 Å². The van der Waals surface area contributed by atoms with Crippen LogP contribution in [0.5, 0.6) is 0 Å². The fourth-order valence-corrected chi connectivity index (χ4v) is 1.78. The lowest BCUT2D eigenvalue weighted by Gasteiger charge is -2.32. The van der Waals surface area contributed by atoms with Crippen molar-refractivity contribution in [3.05, 3.63) is 12.2 Å². The molecule has 3 nitrogen and oxygen atoms in total. The van der Waals surface area contributed by atoms with E-state index in [0.29, 0.717) is 31.5 Å². The highest BCUT2D eigenvalue weighted by molar-refractivity contribution is 4.95. The zero-order valence-electron chi connectivity index (χ0n) is 9.16. The third-order valence-electron chi connectivity index (χ3n) is 2.47. The molecule has 0 aliphatic carbocycles. The van der Waals surface area contributed by atoms with Crippen LogP contribution in [0.2, 0.25) is 0 Å². The van der Waals surface area contributed by atoms with Crippen molar-refractivity contribution >= 4 is 0 Å². The van der Waals surface area contributed by atoms with Crippen molar-refractivity contribution in [1.82, 2.24) is 0 Å². The summed E-state index contributed by atoms with van der Waals surface area (Å²) in [6.45, 7) is 9.08. The number of nitrogens with two attached hydrogens (primary N) is 1. The SMILES string of the molecule is C=C(CN)COC1CC(C)OC(C)C1. The van der Waals surface area contributed by atoms with E-state index < -0.39 is 0 Å². The van der Waals surface area contributed by atoms with Crippen molar-refractivity contribution in [3.8, 4) is 0 Å². The van der Waals surface area contributed by atoms with Gasteiger partial charge in [0.15, 0.2) is 0 Å². The lowest BCUT2D eigenvalue weighted by atomic mass is 10.0. The molecule has 0 amide bonds. The monoisotopic (exact) mass is 199 g/mol. The highest BCUT2D eigenvalue weighted by Gasteiger charge is 2.24. The summed E-state index contributed by atoms with van der Waals surface area (Å²) < 4.78 is 11.3. The third-order valence-corrected chi connectivity index (χ3v) is 2.47. The van der Waals surface area contributed by atoms with E-state index in [-0.39, 0.29) is 0 Å². The molecule has 1 aliphatic rings. The Hall–Kier alpha value is -0.380. The molecule has 1 aliphatic heterocycles. The molecular formula is C11H21NO2. The highest BCUT2D eigenvalue weighted by atomic mass is 16.5. The fraction of sp³-hybridized carbons (Fsp3) is 0.818.